The summed E-state index contributed by atoms with van der Waals surface area (Å²) in [5.74, 6) is -0.639. The van der Waals surface area contributed by atoms with Crippen LogP contribution < -0.4 is 10.6 Å². The van der Waals surface area contributed by atoms with E-state index in [-0.39, 0.29) is 25.0 Å². The maximum absolute atomic E-state index is 11.8. The van der Waals surface area contributed by atoms with Crippen molar-refractivity contribution >= 4 is 34.8 Å². The van der Waals surface area contributed by atoms with Crippen LogP contribution in [-0.2, 0) is 14.3 Å². The molecule has 2 N–H and O–H groups in total. The van der Waals surface area contributed by atoms with Crippen LogP contribution in [0.4, 0.5) is 11.4 Å². The summed E-state index contributed by atoms with van der Waals surface area (Å²) in [6.07, 6.45) is 0. The number of anilines is 2. The summed E-state index contributed by atoms with van der Waals surface area (Å²) < 4.78 is 5.15. The number of ether oxygens (including phenoxy) is 1. The van der Waals surface area contributed by atoms with Gasteiger partial charge in [0, 0.05) is 16.4 Å². The Kier molecular flexibility index (Phi) is 6.35. The molecule has 0 aromatic heterocycles. The van der Waals surface area contributed by atoms with E-state index in [1.807, 2.05) is 32.0 Å². The first-order valence-corrected chi connectivity index (χ1v) is 7.82. The minimum absolute atomic E-state index is 0.193. The fourth-order valence-electron chi connectivity index (χ4n) is 2.11. The van der Waals surface area contributed by atoms with Crippen molar-refractivity contribution < 1.29 is 14.3 Å². The average molecular weight is 347 g/mol. The standard InChI is InChI=1S/C18H19ClN2O3/c1-12-4-3-5-15(8-12)20-17(22)10-24-11-18(23)21-16-7-6-14(19)9-13(16)2/h3-9H,10-11H2,1-2H3,(H,20,22)(H,21,23). The van der Waals surface area contributed by atoms with Crippen molar-refractivity contribution in [3.63, 3.8) is 0 Å². The Labute approximate surface area is 146 Å². The molecular formula is C18H19ClN2O3. The Morgan fingerprint density at radius 3 is 2.38 bits per heavy atom. The minimum Gasteiger partial charge on any atom is -0.362 e. The quantitative estimate of drug-likeness (QED) is 0.840. The fourth-order valence-corrected chi connectivity index (χ4v) is 2.34. The number of rotatable bonds is 6. The molecule has 2 amide bonds. The summed E-state index contributed by atoms with van der Waals surface area (Å²) in [6, 6.07) is 12.6. The molecule has 0 atom stereocenters. The van der Waals surface area contributed by atoms with E-state index >= 15 is 0 Å². The summed E-state index contributed by atoms with van der Waals surface area (Å²) >= 11 is 5.87. The van der Waals surface area contributed by atoms with Gasteiger partial charge in [-0.2, -0.15) is 0 Å². The molecule has 126 valence electrons. The van der Waals surface area contributed by atoms with Crippen LogP contribution in [0.2, 0.25) is 5.02 Å². The molecule has 0 aliphatic rings. The largest absolute Gasteiger partial charge is 0.362 e. The van der Waals surface area contributed by atoms with Crippen LogP contribution in [0.5, 0.6) is 0 Å². The van der Waals surface area contributed by atoms with E-state index in [1.165, 1.54) is 0 Å². The maximum atomic E-state index is 11.8. The molecule has 0 saturated heterocycles. The third-order valence-electron chi connectivity index (χ3n) is 3.23. The predicted molar refractivity (Wildman–Crippen MR) is 95.4 cm³/mol. The first-order chi connectivity index (χ1) is 11.4. The highest BCUT2D eigenvalue weighted by atomic mass is 35.5. The third-order valence-corrected chi connectivity index (χ3v) is 3.47. The lowest BCUT2D eigenvalue weighted by molar-refractivity contribution is -0.125. The van der Waals surface area contributed by atoms with Gasteiger partial charge in [0.2, 0.25) is 11.8 Å². The zero-order valence-corrected chi connectivity index (χ0v) is 14.3. The van der Waals surface area contributed by atoms with Crippen LogP contribution in [0.25, 0.3) is 0 Å². The van der Waals surface area contributed by atoms with E-state index in [1.54, 1.807) is 24.3 Å². The zero-order chi connectivity index (χ0) is 17.5. The van der Waals surface area contributed by atoms with Crippen LogP contribution in [0.1, 0.15) is 11.1 Å². The number of aryl methyl sites for hydroxylation is 2. The highest BCUT2D eigenvalue weighted by molar-refractivity contribution is 6.30. The minimum atomic E-state index is -0.330. The van der Waals surface area contributed by atoms with E-state index in [2.05, 4.69) is 10.6 Å². The molecule has 5 nitrogen and oxygen atoms in total. The molecule has 0 spiro atoms. The van der Waals surface area contributed by atoms with Gasteiger partial charge in [0.1, 0.15) is 13.2 Å². The lowest BCUT2D eigenvalue weighted by atomic mass is 10.2. The molecule has 2 aromatic rings. The second kappa shape index (κ2) is 8.47. The van der Waals surface area contributed by atoms with Gasteiger partial charge in [-0.05, 0) is 55.3 Å². The van der Waals surface area contributed by atoms with Crippen LogP contribution in [0.15, 0.2) is 42.5 Å². The van der Waals surface area contributed by atoms with Gasteiger partial charge in [0.25, 0.3) is 0 Å². The van der Waals surface area contributed by atoms with E-state index in [0.717, 1.165) is 11.1 Å². The number of carbonyl (C=O) groups excluding carboxylic acids is 2. The normalized spacial score (nSPS) is 10.3. The second-order valence-corrected chi connectivity index (χ2v) is 5.85. The number of benzene rings is 2. The van der Waals surface area contributed by atoms with E-state index in [4.69, 9.17) is 16.3 Å². The summed E-state index contributed by atoms with van der Waals surface area (Å²) in [6.45, 7) is 3.39. The number of amides is 2. The Morgan fingerprint density at radius 1 is 1.00 bits per heavy atom. The van der Waals surface area contributed by atoms with Gasteiger partial charge in [0.15, 0.2) is 0 Å². The molecule has 0 saturated carbocycles. The lowest BCUT2D eigenvalue weighted by Crippen LogP contribution is -2.24. The molecule has 0 radical (unpaired) electrons. The topological polar surface area (TPSA) is 67.4 Å². The average Bonchev–Trinajstić information content (AvgIpc) is 2.50. The fraction of sp³-hybridized carbons (Fsp3) is 0.222. The monoisotopic (exact) mass is 346 g/mol. The van der Waals surface area contributed by atoms with Gasteiger partial charge in [-0.15, -0.1) is 0 Å². The Balaban J connectivity index is 1.75. The highest BCUT2D eigenvalue weighted by Gasteiger charge is 2.08. The van der Waals surface area contributed by atoms with Gasteiger partial charge in [-0.25, -0.2) is 0 Å². The van der Waals surface area contributed by atoms with Gasteiger partial charge < -0.3 is 15.4 Å². The van der Waals surface area contributed by atoms with Crippen LogP contribution in [-0.4, -0.2) is 25.0 Å². The predicted octanol–water partition coefficient (Wildman–Crippen LogP) is 3.55. The van der Waals surface area contributed by atoms with Gasteiger partial charge in [0.05, 0.1) is 0 Å². The first kappa shape index (κ1) is 18.0. The molecule has 0 aliphatic heterocycles. The summed E-state index contributed by atoms with van der Waals surface area (Å²) in [5, 5.41) is 6.03. The summed E-state index contributed by atoms with van der Waals surface area (Å²) in [7, 11) is 0. The van der Waals surface area contributed by atoms with E-state index in [9.17, 15) is 9.59 Å². The molecule has 2 rings (SSSR count). The van der Waals surface area contributed by atoms with Gasteiger partial charge in [-0.1, -0.05) is 23.7 Å². The molecule has 0 fully saturated rings. The number of carbonyl (C=O) groups is 2. The van der Waals surface area contributed by atoms with E-state index < -0.39 is 0 Å². The number of halogens is 1. The molecule has 6 heteroatoms. The van der Waals surface area contributed by atoms with Crippen molar-refractivity contribution in [3.8, 4) is 0 Å². The molecule has 0 heterocycles. The van der Waals surface area contributed by atoms with Crippen LogP contribution >= 0.6 is 11.6 Å². The third kappa shape index (κ3) is 5.68. The lowest BCUT2D eigenvalue weighted by Gasteiger charge is -2.09. The highest BCUT2D eigenvalue weighted by Crippen LogP contribution is 2.19. The molecule has 24 heavy (non-hydrogen) atoms. The maximum Gasteiger partial charge on any atom is 0.250 e. The summed E-state index contributed by atoms with van der Waals surface area (Å²) in [4.78, 5) is 23.6. The van der Waals surface area contributed by atoms with E-state index in [0.29, 0.717) is 16.4 Å². The smallest absolute Gasteiger partial charge is 0.250 e. The number of nitrogens with one attached hydrogen (secondary N) is 2. The van der Waals surface area contributed by atoms with Crippen molar-refractivity contribution in [2.24, 2.45) is 0 Å². The molecule has 2 aromatic carbocycles. The van der Waals surface area contributed by atoms with Crippen molar-refractivity contribution in [3.05, 3.63) is 58.6 Å². The Morgan fingerprint density at radius 2 is 1.71 bits per heavy atom. The van der Waals surface area contributed by atoms with Crippen molar-refractivity contribution in [2.45, 2.75) is 13.8 Å². The zero-order valence-electron chi connectivity index (χ0n) is 13.6. The first-order valence-electron chi connectivity index (χ1n) is 7.44. The van der Waals surface area contributed by atoms with Crippen molar-refractivity contribution in [1.82, 2.24) is 0 Å². The molecule has 0 unspecified atom stereocenters. The number of hydrogen-bond acceptors (Lipinski definition) is 3. The van der Waals surface area contributed by atoms with Gasteiger partial charge >= 0.3 is 0 Å². The van der Waals surface area contributed by atoms with Crippen molar-refractivity contribution in [1.29, 1.82) is 0 Å². The Bertz CT molecular complexity index is 747. The molecule has 0 bridgehead atoms. The van der Waals surface area contributed by atoms with Crippen LogP contribution in [0.3, 0.4) is 0 Å². The molecule has 0 aliphatic carbocycles. The second-order valence-electron chi connectivity index (χ2n) is 5.42. The van der Waals surface area contributed by atoms with Crippen LogP contribution in [0, 0.1) is 13.8 Å². The summed E-state index contributed by atoms with van der Waals surface area (Å²) in [5.41, 5.74) is 3.27. The number of hydrogen-bond donors (Lipinski definition) is 2. The SMILES string of the molecule is Cc1cccc(NC(=O)COCC(=O)Nc2ccc(Cl)cc2C)c1. The van der Waals surface area contributed by atoms with Crippen molar-refractivity contribution in [2.75, 3.05) is 23.8 Å². The Hall–Kier alpha value is -2.37. The van der Waals surface area contributed by atoms with Gasteiger partial charge in [-0.3, -0.25) is 9.59 Å². The molecular weight excluding hydrogens is 328 g/mol.